The Morgan fingerprint density at radius 1 is 1.07 bits per heavy atom. The van der Waals surface area contributed by atoms with Crippen LogP contribution in [0.15, 0.2) is 54.6 Å². The molecule has 0 atom stereocenters. The molecule has 8 heteroatoms. The van der Waals surface area contributed by atoms with Gasteiger partial charge in [0.1, 0.15) is 5.75 Å². The summed E-state index contributed by atoms with van der Waals surface area (Å²) in [6, 6.07) is 13.9. The van der Waals surface area contributed by atoms with Gasteiger partial charge in [0.2, 0.25) is 11.8 Å². The summed E-state index contributed by atoms with van der Waals surface area (Å²) in [5, 5.41) is 2.96. The Balaban J connectivity index is 1.73. The highest BCUT2D eigenvalue weighted by atomic mass is 35.5. The third-order valence-corrected chi connectivity index (χ3v) is 3.83. The van der Waals surface area contributed by atoms with Gasteiger partial charge in [0.25, 0.3) is 5.91 Å². The largest absolute Gasteiger partial charge is 0.496 e. The number of ether oxygens (including phenoxy) is 1. The molecule has 0 saturated heterocycles. The summed E-state index contributed by atoms with van der Waals surface area (Å²) >= 11 is 5.87. The van der Waals surface area contributed by atoms with Gasteiger partial charge in [-0.2, -0.15) is 0 Å². The third-order valence-electron chi connectivity index (χ3n) is 3.60. The van der Waals surface area contributed by atoms with Crippen LogP contribution in [0.2, 0.25) is 5.02 Å². The first-order chi connectivity index (χ1) is 13.5. The number of hydrogen-bond acceptors (Lipinski definition) is 4. The lowest BCUT2D eigenvalue weighted by Crippen LogP contribution is -2.42. The molecular formula is C20H20ClN3O4. The zero-order chi connectivity index (χ0) is 20.4. The number of hydrazine groups is 1. The first-order valence-electron chi connectivity index (χ1n) is 8.43. The molecule has 0 bridgehead atoms. The molecule has 0 aromatic heterocycles. The number of halogens is 1. The molecule has 0 heterocycles. The first kappa shape index (κ1) is 21.0. The molecule has 0 aliphatic rings. The van der Waals surface area contributed by atoms with Crippen LogP contribution in [-0.4, -0.2) is 31.4 Å². The molecule has 146 valence electrons. The molecule has 3 amide bonds. The second kappa shape index (κ2) is 10.7. The highest BCUT2D eigenvalue weighted by molar-refractivity contribution is 6.31. The lowest BCUT2D eigenvalue weighted by molar-refractivity contribution is -0.122. The van der Waals surface area contributed by atoms with Gasteiger partial charge in [-0.25, -0.2) is 0 Å². The smallest absolute Gasteiger partial charge is 0.273 e. The molecule has 3 N–H and O–H groups in total. The quantitative estimate of drug-likeness (QED) is 0.490. The van der Waals surface area contributed by atoms with Crippen LogP contribution in [-0.2, 0) is 9.59 Å². The van der Waals surface area contributed by atoms with E-state index in [0.29, 0.717) is 10.8 Å². The molecular weight excluding hydrogens is 382 g/mol. The molecule has 0 aliphatic heterocycles. The molecule has 0 fully saturated rings. The molecule has 2 aromatic carbocycles. The van der Waals surface area contributed by atoms with E-state index in [1.807, 2.05) is 30.3 Å². The Morgan fingerprint density at radius 2 is 1.82 bits per heavy atom. The molecule has 0 radical (unpaired) electrons. The van der Waals surface area contributed by atoms with Crippen LogP contribution in [0, 0.1) is 0 Å². The van der Waals surface area contributed by atoms with E-state index in [-0.39, 0.29) is 24.4 Å². The third kappa shape index (κ3) is 6.77. The summed E-state index contributed by atoms with van der Waals surface area (Å²) < 4.78 is 5.09. The molecule has 7 nitrogen and oxygen atoms in total. The molecule has 2 aromatic rings. The minimum atomic E-state index is -0.567. The standard InChI is InChI=1S/C20H20ClN3O4/c1-28-17-9-8-15(21)13-16(17)20(27)24-23-19(26)11-12-22-18(25)10-7-14-5-3-2-4-6-14/h2-10,13H,11-12H2,1H3,(H,22,25)(H,23,26)(H,24,27)/b10-7+. The summed E-state index contributed by atoms with van der Waals surface area (Å²) in [4.78, 5) is 35.7. The van der Waals surface area contributed by atoms with E-state index in [1.54, 1.807) is 18.2 Å². The normalized spacial score (nSPS) is 10.4. The average Bonchev–Trinajstić information content (AvgIpc) is 2.71. The van der Waals surface area contributed by atoms with Crippen LogP contribution in [0.5, 0.6) is 5.75 Å². The predicted octanol–water partition coefficient (Wildman–Crippen LogP) is 2.33. The number of amides is 3. The number of hydrogen-bond donors (Lipinski definition) is 3. The van der Waals surface area contributed by atoms with Crippen molar-refractivity contribution in [2.75, 3.05) is 13.7 Å². The van der Waals surface area contributed by atoms with Crippen molar-refractivity contribution in [1.29, 1.82) is 0 Å². The van der Waals surface area contributed by atoms with E-state index in [2.05, 4.69) is 16.2 Å². The Morgan fingerprint density at radius 3 is 2.54 bits per heavy atom. The van der Waals surface area contributed by atoms with Gasteiger partial charge in [0, 0.05) is 24.1 Å². The van der Waals surface area contributed by atoms with Crippen LogP contribution < -0.4 is 20.9 Å². The van der Waals surface area contributed by atoms with Crippen molar-refractivity contribution in [3.63, 3.8) is 0 Å². The molecule has 0 spiro atoms. The maximum absolute atomic E-state index is 12.1. The van der Waals surface area contributed by atoms with Crippen molar-refractivity contribution >= 4 is 35.4 Å². The number of methoxy groups -OCH3 is 1. The van der Waals surface area contributed by atoms with E-state index in [4.69, 9.17) is 16.3 Å². The number of carbonyl (C=O) groups excluding carboxylic acids is 3. The fourth-order valence-corrected chi connectivity index (χ4v) is 2.38. The predicted molar refractivity (Wildman–Crippen MR) is 107 cm³/mol. The van der Waals surface area contributed by atoms with Crippen LogP contribution in [0.25, 0.3) is 6.08 Å². The molecule has 2 rings (SSSR count). The van der Waals surface area contributed by atoms with Crippen LogP contribution in [0.3, 0.4) is 0 Å². The summed E-state index contributed by atoms with van der Waals surface area (Å²) in [5.41, 5.74) is 5.65. The fourth-order valence-electron chi connectivity index (χ4n) is 2.21. The van der Waals surface area contributed by atoms with Crippen molar-refractivity contribution in [3.8, 4) is 5.75 Å². The minimum Gasteiger partial charge on any atom is -0.496 e. The summed E-state index contributed by atoms with van der Waals surface area (Å²) in [5.74, 6) is -1.01. The van der Waals surface area contributed by atoms with Gasteiger partial charge in [-0.15, -0.1) is 0 Å². The van der Waals surface area contributed by atoms with Crippen LogP contribution in [0.4, 0.5) is 0 Å². The molecule has 0 unspecified atom stereocenters. The Kier molecular flexibility index (Phi) is 8.05. The van der Waals surface area contributed by atoms with Gasteiger partial charge in [0.05, 0.1) is 12.7 Å². The van der Waals surface area contributed by atoms with Gasteiger partial charge in [-0.05, 0) is 29.8 Å². The van der Waals surface area contributed by atoms with Gasteiger partial charge < -0.3 is 10.1 Å². The zero-order valence-electron chi connectivity index (χ0n) is 15.2. The van der Waals surface area contributed by atoms with E-state index in [0.717, 1.165) is 5.56 Å². The lowest BCUT2D eigenvalue weighted by atomic mass is 10.2. The summed E-state index contributed by atoms with van der Waals surface area (Å²) in [6.45, 7) is 0.125. The van der Waals surface area contributed by atoms with E-state index in [9.17, 15) is 14.4 Å². The molecule has 0 aliphatic carbocycles. The maximum atomic E-state index is 12.1. The van der Waals surface area contributed by atoms with Gasteiger partial charge in [-0.3, -0.25) is 25.2 Å². The van der Waals surface area contributed by atoms with Gasteiger partial charge in [-0.1, -0.05) is 41.9 Å². The Hall–Kier alpha value is -3.32. The van der Waals surface area contributed by atoms with Crippen LogP contribution in [0.1, 0.15) is 22.3 Å². The maximum Gasteiger partial charge on any atom is 0.273 e. The lowest BCUT2D eigenvalue weighted by Gasteiger charge is -2.10. The van der Waals surface area contributed by atoms with E-state index >= 15 is 0 Å². The summed E-state index contributed by atoms with van der Waals surface area (Å²) in [7, 11) is 1.42. The highest BCUT2D eigenvalue weighted by Crippen LogP contribution is 2.22. The first-order valence-corrected chi connectivity index (χ1v) is 8.81. The van der Waals surface area contributed by atoms with Gasteiger partial charge >= 0.3 is 0 Å². The number of carbonyl (C=O) groups is 3. The minimum absolute atomic E-state index is 0.00211. The highest BCUT2D eigenvalue weighted by Gasteiger charge is 2.13. The molecule has 0 saturated carbocycles. The Bertz CT molecular complexity index is 869. The number of rotatable bonds is 7. The van der Waals surface area contributed by atoms with Crippen molar-refractivity contribution in [1.82, 2.24) is 16.2 Å². The Labute approximate surface area is 167 Å². The van der Waals surface area contributed by atoms with Gasteiger partial charge in [0.15, 0.2) is 0 Å². The van der Waals surface area contributed by atoms with Crippen molar-refractivity contribution in [2.24, 2.45) is 0 Å². The second-order valence-corrected chi connectivity index (χ2v) is 6.07. The average molecular weight is 402 g/mol. The van der Waals surface area contributed by atoms with E-state index in [1.165, 1.54) is 19.3 Å². The topological polar surface area (TPSA) is 96.5 Å². The molecule has 28 heavy (non-hydrogen) atoms. The number of benzene rings is 2. The zero-order valence-corrected chi connectivity index (χ0v) is 16.0. The second-order valence-electron chi connectivity index (χ2n) is 5.63. The summed E-state index contributed by atoms with van der Waals surface area (Å²) in [6.07, 6.45) is 3.06. The van der Waals surface area contributed by atoms with Crippen molar-refractivity contribution < 1.29 is 19.1 Å². The number of nitrogens with one attached hydrogen (secondary N) is 3. The fraction of sp³-hybridized carbons (Fsp3) is 0.150. The van der Waals surface area contributed by atoms with Crippen molar-refractivity contribution in [2.45, 2.75) is 6.42 Å². The van der Waals surface area contributed by atoms with E-state index < -0.39 is 11.8 Å². The SMILES string of the molecule is COc1ccc(Cl)cc1C(=O)NNC(=O)CCNC(=O)/C=C/c1ccccc1. The van der Waals surface area contributed by atoms with Crippen LogP contribution >= 0.6 is 11.6 Å². The monoisotopic (exact) mass is 401 g/mol. The van der Waals surface area contributed by atoms with Crippen molar-refractivity contribution in [3.05, 3.63) is 70.8 Å².